The molecule has 2 aromatic rings. The second-order valence-electron chi connectivity index (χ2n) is 11.0. The number of hydrogen-bond donors (Lipinski definition) is 1. The van der Waals surface area contributed by atoms with E-state index in [0.29, 0.717) is 45.6 Å². The zero-order chi connectivity index (χ0) is 27.1. The van der Waals surface area contributed by atoms with Gasteiger partial charge in [-0.15, -0.1) is 0 Å². The molecule has 0 unspecified atom stereocenters. The van der Waals surface area contributed by atoms with E-state index in [4.69, 9.17) is 0 Å². The molecule has 1 aromatic carbocycles. The van der Waals surface area contributed by atoms with Crippen molar-refractivity contribution in [1.29, 1.82) is 0 Å². The summed E-state index contributed by atoms with van der Waals surface area (Å²) in [5, 5.41) is 3.01. The quantitative estimate of drug-likeness (QED) is 0.560. The topological polar surface area (TPSA) is 78.4 Å². The molecule has 3 aliphatic rings. The molecule has 2 saturated heterocycles. The van der Waals surface area contributed by atoms with Crippen LogP contribution in [0.15, 0.2) is 36.7 Å². The largest absolute Gasteiger partial charge is 0.419 e. The van der Waals surface area contributed by atoms with Gasteiger partial charge < -0.3 is 15.1 Å². The van der Waals surface area contributed by atoms with Gasteiger partial charge in [0.15, 0.2) is 0 Å². The van der Waals surface area contributed by atoms with Gasteiger partial charge in [0.1, 0.15) is 5.82 Å². The predicted octanol–water partition coefficient (Wildman–Crippen LogP) is 4.33. The second-order valence-corrected chi connectivity index (χ2v) is 11.0. The number of nitrogens with zero attached hydrogens (tertiary/aromatic N) is 4. The zero-order valence-corrected chi connectivity index (χ0v) is 21.2. The third-order valence-electron chi connectivity index (χ3n) is 8.20. The van der Waals surface area contributed by atoms with Crippen molar-refractivity contribution < 1.29 is 27.2 Å². The summed E-state index contributed by atoms with van der Waals surface area (Å²) in [6, 6.07) is 6.18. The molecule has 2 aliphatic heterocycles. The van der Waals surface area contributed by atoms with Crippen LogP contribution in [-0.2, 0) is 15.8 Å². The maximum absolute atomic E-state index is 13.6. The zero-order valence-electron chi connectivity index (χ0n) is 21.2. The van der Waals surface area contributed by atoms with Gasteiger partial charge in [-0.1, -0.05) is 19.1 Å². The Bertz CT molecular complexity index is 1160. The van der Waals surface area contributed by atoms with Gasteiger partial charge in [-0.3, -0.25) is 9.59 Å². The molecule has 38 heavy (non-hydrogen) atoms. The molecule has 0 radical (unpaired) electrons. The summed E-state index contributed by atoms with van der Waals surface area (Å²) >= 11 is 0. The Kier molecular flexibility index (Phi) is 7.04. The Labute approximate surface area is 218 Å². The molecule has 1 N–H and O–H groups in total. The number of amides is 2. The lowest BCUT2D eigenvalue weighted by Crippen LogP contribution is -2.45. The molecular formula is C27H31F4N5O2. The van der Waals surface area contributed by atoms with Crippen molar-refractivity contribution in [2.45, 2.75) is 44.7 Å². The summed E-state index contributed by atoms with van der Waals surface area (Å²) in [5.41, 5.74) is -0.255. The summed E-state index contributed by atoms with van der Waals surface area (Å²) in [6.07, 6.45) is 0.0570. The summed E-state index contributed by atoms with van der Waals surface area (Å²) in [5.74, 6) is -0.363. The highest BCUT2D eigenvalue weighted by Gasteiger charge is 2.48. The summed E-state index contributed by atoms with van der Waals surface area (Å²) in [4.78, 5) is 37.4. The highest BCUT2D eigenvalue weighted by Crippen LogP contribution is 2.47. The van der Waals surface area contributed by atoms with Crippen LogP contribution in [0.2, 0.25) is 0 Å². The number of carbonyl (C=O) groups is 2. The minimum absolute atomic E-state index is 0.0510. The average molecular weight is 534 g/mol. The molecule has 0 bridgehead atoms. The number of rotatable bonds is 6. The van der Waals surface area contributed by atoms with Crippen LogP contribution in [0.1, 0.15) is 49.7 Å². The lowest BCUT2D eigenvalue weighted by molar-refractivity contribution is -0.142. The first kappa shape index (κ1) is 26.4. The van der Waals surface area contributed by atoms with Crippen molar-refractivity contribution >= 4 is 17.8 Å². The monoisotopic (exact) mass is 533 g/mol. The van der Waals surface area contributed by atoms with E-state index in [0.717, 1.165) is 30.8 Å². The van der Waals surface area contributed by atoms with E-state index in [1.54, 1.807) is 12.1 Å². The molecule has 204 valence electrons. The van der Waals surface area contributed by atoms with Crippen LogP contribution in [0.4, 0.5) is 23.5 Å². The Morgan fingerprint density at radius 3 is 2.24 bits per heavy atom. The standard InChI is InChI=1S/C27H31F4N5O2/c1-26(8-9-26)24(38)35-10-6-18(7-11-35)23(37)36-15-19(22(16-36)17-2-4-21(28)5-3-17)12-32-25-33-13-20(14-34-25)27(29,30)31/h2-5,13-14,18-19,22H,6-12,15-16H2,1H3,(H,32,33,34)/t19-,22+/m1/s1. The fourth-order valence-electron chi connectivity index (χ4n) is 5.50. The molecule has 11 heteroatoms. The van der Waals surface area contributed by atoms with Crippen molar-refractivity contribution in [3.63, 3.8) is 0 Å². The molecule has 1 aromatic heterocycles. The van der Waals surface area contributed by atoms with Gasteiger partial charge in [0, 0.05) is 68.3 Å². The maximum Gasteiger partial charge on any atom is 0.419 e. The first-order valence-corrected chi connectivity index (χ1v) is 13.0. The van der Waals surface area contributed by atoms with Crippen LogP contribution >= 0.6 is 0 Å². The molecule has 1 saturated carbocycles. The molecule has 2 atom stereocenters. The minimum atomic E-state index is -4.52. The molecule has 5 rings (SSSR count). The SMILES string of the molecule is CC1(C(=O)N2CCC(C(=O)N3C[C@@H](CNc4ncc(C(F)(F)F)cn4)[C@H](c4ccc(F)cc4)C3)CC2)CC1. The highest BCUT2D eigenvalue weighted by atomic mass is 19.4. The van der Waals surface area contributed by atoms with Crippen molar-refractivity contribution in [3.8, 4) is 0 Å². The van der Waals surface area contributed by atoms with Gasteiger partial charge in [0.25, 0.3) is 0 Å². The molecule has 1 aliphatic carbocycles. The molecule has 3 heterocycles. The van der Waals surface area contributed by atoms with Gasteiger partial charge in [0.2, 0.25) is 17.8 Å². The van der Waals surface area contributed by atoms with Gasteiger partial charge in [-0.2, -0.15) is 13.2 Å². The van der Waals surface area contributed by atoms with Crippen molar-refractivity contribution in [2.24, 2.45) is 17.3 Å². The van der Waals surface area contributed by atoms with Gasteiger partial charge in [-0.25, -0.2) is 14.4 Å². The van der Waals surface area contributed by atoms with E-state index < -0.39 is 11.7 Å². The van der Waals surface area contributed by atoms with E-state index in [-0.39, 0.29) is 46.7 Å². The molecule has 2 amide bonds. The summed E-state index contributed by atoms with van der Waals surface area (Å²) < 4.78 is 52.0. The number of hydrogen-bond acceptors (Lipinski definition) is 5. The smallest absolute Gasteiger partial charge is 0.354 e. The Morgan fingerprint density at radius 2 is 1.66 bits per heavy atom. The van der Waals surface area contributed by atoms with Crippen molar-refractivity contribution in [2.75, 3.05) is 38.0 Å². The Balaban J connectivity index is 1.23. The second kappa shape index (κ2) is 10.1. The first-order chi connectivity index (χ1) is 18.0. The molecule has 3 fully saturated rings. The third kappa shape index (κ3) is 5.61. The number of aromatic nitrogens is 2. The number of nitrogens with one attached hydrogen (secondary N) is 1. The van der Waals surface area contributed by atoms with E-state index >= 15 is 0 Å². The van der Waals surface area contributed by atoms with Crippen molar-refractivity contribution in [3.05, 3.63) is 53.6 Å². The van der Waals surface area contributed by atoms with E-state index in [1.807, 2.05) is 16.7 Å². The number of anilines is 1. The molecule has 0 spiro atoms. The average Bonchev–Trinajstić information content (AvgIpc) is 3.52. The van der Waals surface area contributed by atoms with Crippen LogP contribution < -0.4 is 5.32 Å². The fraction of sp³-hybridized carbons (Fsp3) is 0.556. The van der Waals surface area contributed by atoms with Crippen molar-refractivity contribution in [1.82, 2.24) is 19.8 Å². The van der Waals surface area contributed by atoms with Gasteiger partial charge in [-0.05, 0) is 43.4 Å². The van der Waals surface area contributed by atoms with E-state index in [2.05, 4.69) is 15.3 Å². The van der Waals surface area contributed by atoms with Gasteiger partial charge in [0.05, 0.1) is 5.56 Å². The number of carbonyl (C=O) groups excluding carboxylic acids is 2. The lowest BCUT2D eigenvalue weighted by atomic mass is 9.89. The number of halogens is 4. The fourth-order valence-corrected chi connectivity index (χ4v) is 5.50. The molecular weight excluding hydrogens is 502 g/mol. The Hall–Kier alpha value is -3.24. The number of piperidine rings is 1. The lowest BCUT2D eigenvalue weighted by Gasteiger charge is -2.34. The first-order valence-electron chi connectivity index (χ1n) is 13.0. The Morgan fingerprint density at radius 1 is 1.03 bits per heavy atom. The maximum atomic E-state index is 13.6. The van der Waals surface area contributed by atoms with E-state index in [1.165, 1.54) is 12.1 Å². The normalized spacial score (nSPS) is 23.4. The van der Waals surface area contributed by atoms with Crippen LogP contribution in [0.3, 0.4) is 0 Å². The molecule has 7 nitrogen and oxygen atoms in total. The van der Waals surface area contributed by atoms with E-state index in [9.17, 15) is 27.2 Å². The highest BCUT2D eigenvalue weighted by molar-refractivity contribution is 5.85. The van der Waals surface area contributed by atoms with Crippen LogP contribution in [-0.4, -0.2) is 64.3 Å². The minimum Gasteiger partial charge on any atom is -0.354 e. The van der Waals surface area contributed by atoms with Crippen LogP contribution in [0, 0.1) is 23.1 Å². The predicted molar refractivity (Wildman–Crippen MR) is 131 cm³/mol. The number of benzene rings is 1. The van der Waals surface area contributed by atoms with Crippen LogP contribution in [0.25, 0.3) is 0 Å². The summed E-state index contributed by atoms with van der Waals surface area (Å²) in [6.45, 7) is 4.40. The number of alkyl halides is 3. The van der Waals surface area contributed by atoms with Gasteiger partial charge >= 0.3 is 6.18 Å². The summed E-state index contributed by atoms with van der Waals surface area (Å²) in [7, 11) is 0. The van der Waals surface area contributed by atoms with Crippen LogP contribution in [0.5, 0.6) is 0 Å². The third-order valence-corrected chi connectivity index (χ3v) is 8.20. The number of likely N-dealkylation sites (tertiary alicyclic amines) is 2.